The topological polar surface area (TPSA) is 78.9 Å². The Morgan fingerprint density at radius 2 is 1.70 bits per heavy atom. The largest absolute Gasteiger partial charge is 0.469 e. The van der Waals surface area contributed by atoms with Gasteiger partial charge in [0.1, 0.15) is 11.8 Å². The van der Waals surface area contributed by atoms with Gasteiger partial charge < -0.3 is 14.2 Å². The molecule has 0 aromatic heterocycles. The molecule has 2 aliphatic heterocycles. The van der Waals surface area contributed by atoms with Gasteiger partial charge in [-0.15, -0.1) is 0 Å². The van der Waals surface area contributed by atoms with Gasteiger partial charge in [-0.2, -0.15) is 0 Å². The lowest BCUT2D eigenvalue weighted by molar-refractivity contribution is -0.160. The molecule has 2 rings (SSSR count). The number of Topliss-reactive ketones (excluding diaryl/α,β-unsaturated/α-hetero) is 1. The van der Waals surface area contributed by atoms with E-state index in [4.69, 9.17) is 14.2 Å². The highest BCUT2D eigenvalue weighted by Gasteiger charge is 2.70. The molecule has 0 aromatic rings. The molecule has 2 saturated heterocycles. The number of carbonyl (C=O) groups excluding carboxylic acids is 3. The highest BCUT2D eigenvalue weighted by atomic mass is 16.6. The van der Waals surface area contributed by atoms with Crippen molar-refractivity contribution in [2.75, 3.05) is 14.2 Å². The van der Waals surface area contributed by atoms with Crippen molar-refractivity contribution < 1.29 is 28.6 Å². The van der Waals surface area contributed by atoms with Crippen LogP contribution in [0.3, 0.4) is 0 Å². The molecule has 2 fully saturated rings. The molecule has 2 aliphatic rings. The van der Waals surface area contributed by atoms with Crippen LogP contribution in [0.15, 0.2) is 24.3 Å². The maximum absolute atomic E-state index is 12.1. The van der Waals surface area contributed by atoms with Gasteiger partial charge in [0.2, 0.25) is 0 Å². The van der Waals surface area contributed by atoms with Gasteiger partial charge in [-0.3, -0.25) is 14.4 Å². The van der Waals surface area contributed by atoms with Crippen molar-refractivity contribution in [3.8, 4) is 0 Å². The molecule has 0 unspecified atom stereocenters. The van der Waals surface area contributed by atoms with Crippen LogP contribution in [0.2, 0.25) is 0 Å². The molecule has 0 N–H and O–H groups in total. The van der Waals surface area contributed by atoms with E-state index in [2.05, 4.69) is 13.2 Å². The van der Waals surface area contributed by atoms with E-state index in [0.717, 1.165) is 0 Å². The summed E-state index contributed by atoms with van der Waals surface area (Å²) in [7, 11) is 2.40. The van der Waals surface area contributed by atoms with Gasteiger partial charge in [0, 0.05) is 0 Å². The summed E-state index contributed by atoms with van der Waals surface area (Å²) in [6.07, 6.45) is -0.789. The van der Waals surface area contributed by atoms with Gasteiger partial charge in [0.05, 0.1) is 20.3 Å². The normalized spacial score (nSPS) is 35.0. The van der Waals surface area contributed by atoms with Crippen molar-refractivity contribution in [2.45, 2.75) is 18.6 Å². The zero-order valence-corrected chi connectivity index (χ0v) is 11.6. The Bertz CT molecular complexity index is 534. The lowest BCUT2D eigenvalue weighted by Gasteiger charge is -2.33. The first-order chi connectivity index (χ1) is 9.32. The predicted molar refractivity (Wildman–Crippen MR) is 67.6 cm³/mol. The van der Waals surface area contributed by atoms with Crippen LogP contribution < -0.4 is 0 Å². The third kappa shape index (κ3) is 1.51. The van der Waals surface area contributed by atoms with Crippen LogP contribution in [0.5, 0.6) is 0 Å². The fourth-order valence-electron chi connectivity index (χ4n) is 3.08. The number of ether oxygens (including phenoxy) is 3. The standard InChI is InChI=1S/C14H16O6/c1-6-7(2)14(8(3)15)10(13(17)19-5)9(11(6)20-14)12(16)18-4/h9-11H,1-2H2,3-5H3/t9-,10-,11+,14+/m1/s1. The number of fused-ring (bicyclic) bond motifs is 2. The molecule has 2 bridgehead atoms. The molecule has 0 aromatic carbocycles. The number of hydrogen-bond donors (Lipinski definition) is 0. The van der Waals surface area contributed by atoms with Crippen molar-refractivity contribution in [1.29, 1.82) is 0 Å². The third-order valence-electron chi connectivity index (χ3n) is 4.07. The second kappa shape index (κ2) is 4.56. The lowest BCUT2D eigenvalue weighted by atomic mass is 9.66. The van der Waals surface area contributed by atoms with Gasteiger partial charge in [-0.25, -0.2) is 0 Å². The maximum atomic E-state index is 12.1. The van der Waals surface area contributed by atoms with E-state index in [1.807, 2.05) is 0 Å². The van der Waals surface area contributed by atoms with E-state index >= 15 is 0 Å². The van der Waals surface area contributed by atoms with Crippen molar-refractivity contribution in [3.63, 3.8) is 0 Å². The summed E-state index contributed by atoms with van der Waals surface area (Å²) in [4.78, 5) is 36.1. The van der Waals surface area contributed by atoms with E-state index < -0.39 is 41.3 Å². The Kier molecular flexibility index (Phi) is 3.29. The molecule has 6 nitrogen and oxygen atoms in total. The molecule has 20 heavy (non-hydrogen) atoms. The zero-order chi connectivity index (χ0) is 15.2. The van der Waals surface area contributed by atoms with Gasteiger partial charge in [0.15, 0.2) is 11.4 Å². The van der Waals surface area contributed by atoms with Crippen LogP contribution in [0.25, 0.3) is 0 Å². The van der Waals surface area contributed by atoms with Gasteiger partial charge in [0.25, 0.3) is 0 Å². The summed E-state index contributed by atoms with van der Waals surface area (Å²) in [5.74, 6) is -3.79. The van der Waals surface area contributed by atoms with Gasteiger partial charge >= 0.3 is 11.9 Å². The number of carbonyl (C=O) groups is 3. The minimum absolute atomic E-state index is 0.325. The Hall–Kier alpha value is -1.95. The van der Waals surface area contributed by atoms with E-state index in [9.17, 15) is 14.4 Å². The molecular weight excluding hydrogens is 264 g/mol. The summed E-state index contributed by atoms with van der Waals surface area (Å²) in [5.41, 5.74) is -0.811. The first-order valence-corrected chi connectivity index (χ1v) is 6.06. The van der Waals surface area contributed by atoms with Crippen LogP contribution in [0, 0.1) is 11.8 Å². The second-order valence-corrected chi connectivity index (χ2v) is 4.88. The third-order valence-corrected chi connectivity index (χ3v) is 4.07. The Morgan fingerprint density at radius 1 is 1.15 bits per heavy atom. The first-order valence-electron chi connectivity index (χ1n) is 6.06. The van der Waals surface area contributed by atoms with Crippen molar-refractivity contribution >= 4 is 17.7 Å². The lowest BCUT2D eigenvalue weighted by Crippen LogP contribution is -2.51. The first kappa shape index (κ1) is 14.5. The molecule has 2 heterocycles. The van der Waals surface area contributed by atoms with Crippen molar-refractivity contribution in [1.82, 2.24) is 0 Å². The predicted octanol–water partition coefficient (Wildman–Crippen LogP) is 0.417. The Morgan fingerprint density at radius 3 is 2.15 bits per heavy atom. The number of esters is 2. The number of ketones is 1. The molecule has 0 amide bonds. The highest BCUT2D eigenvalue weighted by molar-refractivity contribution is 6.00. The summed E-state index contributed by atoms with van der Waals surface area (Å²) >= 11 is 0. The van der Waals surface area contributed by atoms with E-state index in [1.54, 1.807) is 0 Å². The average molecular weight is 280 g/mol. The summed E-state index contributed by atoms with van der Waals surface area (Å²) < 4.78 is 15.1. The second-order valence-electron chi connectivity index (χ2n) is 4.88. The van der Waals surface area contributed by atoms with E-state index in [0.29, 0.717) is 11.1 Å². The monoisotopic (exact) mass is 280 g/mol. The van der Waals surface area contributed by atoms with Crippen molar-refractivity contribution in [2.24, 2.45) is 11.8 Å². The van der Waals surface area contributed by atoms with Crippen LogP contribution in [-0.4, -0.2) is 43.6 Å². The highest BCUT2D eigenvalue weighted by Crippen LogP contribution is 2.56. The molecular formula is C14H16O6. The average Bonchev–Trinajstić information content (AvgIpc) is 2.91. The van der Waals surface area contributed by atoms with Crippen LogP contribution in [0.4, 0.5) is 0 Å². The Labute approximate surface area is 116 Å². The van der Waals surface area contributed by atoms with Crippen molar-refractivity contribution in [3.05, 3.63) is 24.3 Å². The Balaban J connectivity index is 2.61. The molecule has 0 spiro atoms. The van der Waals surface area contributed by atoms with Gasteiger partial charge in [-0.05, 0) is 18.1 Å². The molecule has 4 atom stereocenters. The fraction of sp³-hybridized carbons (Fsp3) is 0.500. The quantitative estimate of drug-likeness (QED) is 0.697. The molecule has 108 valence electrons. The smallest absolute Gasteiger partial charge is 0.313 e. The minimum Gasteiger partial charge on any atom is -0.469 e. The maximum Gasteiger partial charge on any atom is 0.313 e. The van der Waals surface area contributed by atoms with Crippen LogP contribution in [0.1, 0.15) is 6.92 Å². The number of hydrogen-bond acceptors (Lipinski definition) is 6. The van der Waals surface area contributed by atoms with Crippen LogP contribution in [-0.2, 0) is 28.6 Å². The minimum atomic E-state index is -1.58. The summed E-state index contributed by atoms with van der Waals surface area (Å²) in [5, 5.41) is 0. The molecule has 6 heteroatoms. The van der Waals surface area contributed by atoms with Gasteiger partial charge in [-0.1, -0.05) is 13.2 Å². The fourth-order valence-corrected chi connectivity index (χ4v) is 3.08. The SMILES string of the molecule is C=C1C(=C)[C@@]2(C(C)=O)O[C@@H]1[C@H](C(=O)OC)[C@@H]2C(=O)OC. The number of methoxy groups -OCH3 is 2. The summed E-state index contributed by atoms with van der Waals surface area (Å²) in [6.45, 7) is 8.88. The zero-order valence-electron chi connectivity index (χ0n) is 11.6. The molecule has 0 saturated carbocycles. The van der Waals surface area contributed by atoms with E-state index in [1.165, 1.54) is 21.1 Å². The number of rotatable bonds is 3. The molecule has 0 radical (unpaired) electrons. The van der Waals surface area contributed by atoms with E-state index in [-0.39, 0.29) is 0 Å². The van der Waals surface area contributed by atoms with Crippen LogP contribution >= 0.6 is 0 Å². The molecule has 0 aliphatic carbocycles. The summed E-state index contributed by atoms with van der Waals surface area (Å²) in [6, 6.07) is 0.